The van der Waals surface area contributed by atoms with Crippen LogP contribution in [0, 0.1) is 17.2 Å². The molecule has 2 heterocycles. The van der Waals surface area contributed by atoms with Crippen molar-refractivity contribution in [2.75, 3.05) is 13.1 Å². The van der Waals surface area contributed by atoms with Crippen LogP contribution in [0.1, 0.15) is 22.5 Å². The standard InChI is InChI=1S/C9H10N4OS/c10-4-7-2-1-3-13(6-7)9(14)8-5-11-12-15-8/h5,7H,1-3,6H2. The van der Waals surface area contributed by atoms with Gasteiger partial charge in [0.15, 0.2) is 0 Å². The second-order valence-corrected chi connectivity index (χ2v) is 4.29. The first-order valence-corrected chi connectivity index (χ1v) is 5.55. The third kappa shape index (κ3) is 2.13. The van der Waals surface area contributed by atoms with Gasteiger partial charge >= 0.3 is 0 Å². The van der Waals surface area contributed by atoms with Crippen LogP contribution in [0.25, 0.3) is 0 Å². The Morgan fingerprint density at radius 3 is 3.27 bits per heavy atom. The fourth-order valence-electron chi connectivity index (χ4n) is 1.68. The summed E-state index contributed by atoms with van der Waals surface area (Å²) in [6, 6.07) is 2.21. The smallest absolute Gasteiger partial charge is 0.267 e. The van der Waals surface area contributed by atoms with E-state index in [-0.39, 0.29) is 11.8 Å². The van der Waals surface area contributed by atoms with Gasteiger partial charge in [0, 0.05) is 13.1 Å². The summed E-state index contributed by atoms with van der Waals surface area (Å²) < 4.78 is 3.66. The van der Waals surface area contributed by atoms with E-state index >= 15 is 0 Å². The summed E-state index contributed by atoms with van der Waals surface area (Å²) >= 11 is 1.10. The molecule has 1 aromatic heterocycles. The Labute approximate surface area is 91.5 Å². The molecule has 1 atom stereocenters. The number of nitrogens with zero attached hydrogens (tertiary/aromatic N) is 4. The number of carbonyl (C=O) groups excluding carboxylic acids is 1. The molecule has 1 fully saturated rings. The van der Waals surface area contributed by atoms with Crippen LogP contribution in [-0.2, 0) is 0 Å². The number of hydrogen-bond acceptors (Lipinski definition) is 5. The van der Waals surface area contributed by atoms with Crippen LogP contribution in [-0.4, -0.2) is 33.5 Å². The summed E-state index contributed by atoms with van der Waals surface area (Å²) in [6.07, 6.45) is 3.26. The fraction of sp³-hybridized carbons (Fsp3) is 0.556. The van der Waals surface area contributed by atoms with Crippen LogP contribution >= 0.6 is 11.5 Å². The van der Waals surface area contributed by atoms with E-state index in [1.807, 2.05) is 0 Å². The lowest BCUT2D eigenvalue weighted by molar-refractivity contribution is 0.0703. The average molecular weight is 222 g/mol. The summed E-state index contributed by atoms with van der Waals surface area (Å²) in [4.78, 5) is 14.1. The Kier molecular flexibility index (Phi) is 2.92. The van der Waals surface area contributed by atoms with Crippen LogP contribution in [0.3, 0.4) is 0 Å². The highest BCUT2D eigenvalue weighted by Crippen LogP contribution is 2.18. The molecular formula is C9H10N4OS. The number of carbonyl (C=O) groups is 1. The van der Waals surface area contributed by atoms with Crippen LogP contribution in [0.4, 0.5) is 0 Å². The maximum absolute atomic E-state index is 11.9. The van der Waals surface area contributed by atoms with Crippen molar-refractivity contribution in [3.05, 3.63) is 11.1 Å². The van der Waals surface area contributed by atoms with Crippen molar-refractivity contribution in [2.45, 2.75) is 12.8 Å². The van der Waals surface area contributed by atoms with E-state index in [0.717, 1.165) is 30.9 Å². The SMILES string of the molecule is N#CC1CCCN(C(=O)c2cnns2)C1. The van der Waals surface area contributed by atoms with Gasteiger partial charge in [-0.2, -0.15) is 5.26 Å². The van der Waals surface area contributed by atoms with E-state index in [1.165, 1.54) is 6.20 Å². The molecule has 0 saturated carbocycles. The van der Waals surface area contributed by atoms with Crippen molar-refractivity contribution >= 4 is 17.4 Å². The zero-order chi connectivity index (χ0) is 10.7. The molecule has 0 N–H and O–H groups in total. The molecule has 15 heavy (non-hydrogen) atoms. The van der Waals surface area contributed by atoms with Gasteiger partial charge in [0.05, 0.1) is 18.2 Å². The van der Waals surface area contributed by atoms with E-state index in [1.54, 1.807) is 4.90 Å². The second kappa shape index (κ2) is 4.36. The quantitative estimate of drug-likeness (QED) is 0.708. The van der Waals surface area contributed by atoms with E-state index in [9.17, 15) is 4.79 Å². The molecule has 1 unspecified atom stereocenters. The molecule has 5 nitrogen and oxygen atoms in total. The third-order valence-corrected chi connectivity index (χ3v) is 3.12. The van der Waals surface area contributed by atoms with Crippen LogP contribution in [0.15, 0.2) is 6.20 Å². The molecule has 0 bridgehead atoms. The summed E-state index contributed by atoms with van der Waals surface area (Å²) in [5.41, 5.74) is 0. The molecule has 1 aromatic rings. The maximum atomic E-state index is 11.9. The molecule has 6 heteroatoms. The Hall–Kier alpha value is -1.48. The van der Waals surface area contributed by atoms with E-state index in [2.05, 4.69) is 15.7 Å². The topological polar surface area (TPSA) is 69.9 Å². The van der Waals surface area contributed by atoms with Gasteiger partial charge in [-0.05, 0) is 24.4 Å². The van der Waals surface area contributed by atoms with Crippen LogP contribution in [0.2, 0.25) is 0 Å². The highest BCUT2D eigenvalue weighted by molar-refractivity contribution is 7.07. The minimum atomic E-state index is -0.0510. The highest BCUT2D eigenvalue weighted by atomic mass is 32.1. The molecule has 2 rings (SSSR count). The minimum Gasteiger partial charge on any atom is -0.337 e. The zero-order valence-corrected chi connectivity index (χ0v) is 8.90. The lowest BCUT2D eigenvalue weighted by atomic mass is 10.00. The van der Waals surface area contributed by atoms with Crippen LogP contribution < -0.4 is 0 Å². The first-order valence-electron chi connectivity index (χ1n) is 4.77. The normalized spacial score (nSPS) is 21.0. The first kappa shape index (κ1) is 10.1. The number of likely N-dealkylation sites (tertiary alicyclic amines) is 1. The predicted octanol–water partition coefficient (Wildman–Crippen LogP) is 0.914. The number of hydrogen-bond donors (Lipinski definition) is 0. The van der Waals surface area contributed by atoms with Gasteiger partial charge in [0.2, 0.25) is 0 Å². The zero-order valence-electron chi connectivity index (χ0n) is 8.09. The number of piperidine rings is 1. The van der Waals surface area contributed by atoms with Crippen molar-refractivity contribution in [2.24, 2.45) is 5.92 Å². The average Bonchev–Trinajstić information content (AvgIpc) is 2.81. The van der Waals surface area contributed by atoms with Crippen molar-refractivity contribution in [1.82, 2.24) is 14.5 Å². The minimum absolute atomic E-state index is 0.0245. The lowest BCUT2D eigenvalue weighted by Crippen LogP contribution is -2.39. The summed E-state index contributed by atoms with van der Waals surface area (Å²) in [5, 5.41) is 12.4. The van der Waals surface area contributed by atoms with Crippen molar-refractivity contribution < 1.29 is 4.79 Å². The Balaban J connectivity index is 2.05. The monoisotopic (exact) mass is 222 g/mol. The van der Waals surface area contributed by atoms with Gasteiger partial charge in [0.25, 0.3) is 5.91 Å². The molecule has 1 saturated heterocycles. The van der Waals surface area contributed by atoms with Crippen molar-refractivity contribution in [3.63, 3.8) is 0 Å². The van der Waals surface area contributed by atoms with Crippen molar-refractivity contribution in [1.29, 1.82) is 5.26 Å². The van der Waals surface area contributed by atoms with E-state index < -0.39 is 0 Å². The van der Waals surface area contributed by atoms with Crippen LogP contribution in [0.5, 0.6) is 0 Å². The van der Waals surface area contributed by atoms with Gasteiger partial charge < -0.3 is 4.90 Å². The highest BCUT2D eigenvalue weighted by Gasteiger charge is 2.25. The van der Waals surface area contributed by atoms with Gasteiger partial charge in [-0.25, -0.2) is 0 Å². The largest absolute Gasteiger partial charge is 0.337 e. The summed E-state index contributed by atoms with van der Waals surface area (Å²) in [6.45, 7) is 1.27. The number of amides is 1. The van der Waals surface area contributed by atoms with Gasteiger partial charge in [-0.1, -0.05) is 4.49 Å². The Morgan fingerprint density at radius 2 is 2.60 bits per heavy atom. The lowest BCUT2D eigenvalue weighted by Gasteiger charge is -2.28. The molecule has 1 aliphatic heterocycles. The predicted molar refractivity (Wildman–Crippen MR) is 54.1 cm³/mol. The molecule has 0 aliphatic carbocycles. The van der Waals surface area contributed by atoms with E-state index in [0.29, 0.717) is 11.4 Å². The Bertz CT molecular complexity index is 383. The van der Waals surface area contributed by atoms with Gasteiger partial charge in [-0.15, -0.1) is 5.10 Å². The molecule has 1 amide bonds. The molecule has 1 aliphatic rings. The number of aromatic nitrogens is 2. The van der Waals surface area contributed by atoms with E-state index in [4.69, 9.17) is 5.26 Å². The summed E-state index contributed by atoms with van der Waals surface area (Å²) in [7, 11) is 0. The van der Waals surface area contributed by atoms with Gasteiger partial charge in [-0.3, -0.25) is 4.79 Å². The van der Waals surface area contributed by atoms with Crippen molar-refractivity contribution in [3.8, 4) is 6.07 Å². The molecular weight excluding hydrogens is 212 g/mol. The molecule has 0 aromatic carbocycles. The molecule has 0 radical (unpaired) electrons. The molecule has 0 spiro atoms. The Morgan fingerprint density at radius 1 is 1.73 bits per heavy atom. The third-order valence-electron chi connectivity index (χ3n) is 2.46. The number of nitriles is 1. The maximum Gasteiger partial charge on any atom is 0.267 e. The fourth-order valence-corrected chi connectivity index (χ4v) is 2.17. The first-order chi connectivity index (χ1) is 7.31. The molecule has 78 valence electrons. The van der Waals surface area contributed by atoms with Gasteiger partial charge in [0.1, 0.15) is 4.88 Å². The summed E-state index contributed by atoms with van der Waals surface area (Å²) in [5.74, 6) is -0.0754. The number of rotatable bonds is 1. The second-order valence-electron chi connectivity index (χ2n) is 3.50.